The molecule has 1 aromatic heterocycles. The zero-order valence-corrected chi connectivity index (χ0v) is 9.90. The van der Waals surface area contributed by atoms with Gasteiger partial charge in [-0.05, 0) is 31.5 Å². The Morgan fingerprint density at radius 1 is 1.35 bits per heavy atom. The Bertz CT molecular complexity index is 478. The highest BCUT2D eigenvalue weighted by atomic mass is 19.1. The molecule has 1 N–H and O–H groups in total. The van der Waals surface area contributed by atoms with Gasteiger partial charge in [0.25, 0.3) is 0 Å². The molecule has 0 saturated carbocycles. The maximum absolute atomic E-state index is 12.7. The molecule has 17 heavy (non-hydrogen) atoms. The molecule has 0 bridgehead atoms. The van der Waals surface area contributed by atoms with Crippen LogP contribution in [0.3, 0.4) is 0 Å². The predicted molar refractivity (Wildman–Crippen MR) is 62.9 cm³/mol. The van der Waals surface area contributed by atoms with Crippen LogP contribution in [0.1, 0.15) is 30.2 Å². The molecule has 0 spiro atoms. The summed E-state index contributed by atoms with van der Waals surface area (Å²) in [5.74, 6) is 1.25. The lowest BCUT2D eigenvalue weighted by Gasteiger charge is -2.10. The first-order chi connectivity index (χ1) is 8.15. The van der Waals surface area contributed by atoms with Crippen LogP contribution in [0.4, 0.5) is 4.39 Å². The molecule has 0 fully saturated rings. The van der Waals surface area contributed by atoms with Gasteiger partial charge >= 0.3 is 0 Å². The topological polar surface area (TPSA) is 38.1 Å². The minimum atomic E-state index is -0.217. The Balaban J connectivity index is 1.92. The molecule has 0 aliphatic heterocycles. The second-order valence-corrected chi connectivity index (χ2v) is 4.04. The number of aromatic nitrogens is 1. The molecule has 0 radical (unpaired) electrons. The summed E-state index contributed by atoms with van der Waals surface area (Å²) in [6, 6.07) is 6.47. The van der Waals surface area contributed by atoms with Crippen LogP contribution in [0.25, 0.3) is 0 Å². The lowest BCUT2D eigenvalue weighted by Crippen LogP contribution is -2.18. The van der Waals surface area contributed by atoms with E-state index in [0.717, 1.165) is 11.3 Å². The predicted octanol–water partition coefficient (Wildman–Crippen LogP) is 2.97. The van der Waals surface area contributed by atoms with Crippen LogP contribution < -0.4 is 5.32 Å². The van der Waals surface area contributed by atoms with E-state index in [4.69, 9.17) is 4.42 Å². The lowest BCUT2D eigenvalue weighted by molar-refractivity contribution is 0.402. The van der Waals surface area contributed by atoms with E-state index in [1.54, 1.807) is 18.3 Å². The van der Waals surface area contributed by atoms with Gasteiger partial charge in [0.05, 0.1) is 12.2 Å². The number of halogens is 1. The van der Waals surface area contributed by atoms with Gasteiger partial charge in [0.15, 0.2) is 0 Å². The highest BCUT2D eigenvalue weighted by Crippen LogP contribution is 2.13. The van der Waals surface area contributed by atoms with Crippen LogP contribution in [-0.2, 0) is 6.54 Å². The zero-order valence-electron chi connectivity index (χ0n) is 9.90. The third-order valence-corrected chi connectivity index (χ3v) is 2.54. The fraction of sp³-hybridized carbons (Fsp3) is 0.308. The molecule has 0 aliphatic carbocycles. The Hall–Kier alpha value is -1.68. The molecule has 1 unspecified atom stereocenters. The molecule has 3 nitrogen and oxygen atoms in total. The molecule has 90 valence electrons. The number of aryl methyl sites for hydroxylation is 1. The molecule has 1 heterocycles. The maximum Gasteiger partial charge on any atom is 0.211 e. The number of hydrogen-bond donors (Lipinski definition) is 1. The van der Waals surface area contributed by atoms with Crippen molar-refractivity contribution in [3.63, 3.8) is 0 Å². The quantitative estimate of drug-likeness (QED) is 0.883. The first-order valence-corrected chi connectivity index (χ1v) is 5.55. The number of nitrogens with one attached hydrogen (secondary N) is 1. The molecular formula is C13H15FN2O. The summed E-state index contributed by atoms with van der Waals surface area (Å²) in [5, 5.41) is 3.27. The van der Waals surface area contributed by atoms with E-state index in [1.165, 1.54) is 12.1 Å². The van der Waals surface area contributed by atoms with E-state index >= 15 is 0 Å². The molecular weight excluding hydrogens is 219 g/mol. The number of nitrogens with zero attached hydrogens (tertiary/aromatic N) is 1. The van der Waals surface area contributed by atoms with Crippen molar-refractivity contribution in [2.24, 2.45) is 0 Å². The number of oxazole rings is 1. The van der Waals surface area contributed by atoms with Gasteiger partial charge in [-0.25, -0.2) is 9.37 Å². The molecule has 1 aromatic carbocycles. The van der Waals surface area contributed by atoms with Gasteiger partial charge in [-0.1, -0.05) is 12.1 Å². The largest absolute Gasteiger partial charge is 0.444 e. The summed E-state index contributed by atoms with van der Waals surface area (Å²) in [5.41, 5.74) is 1.03. The lowest BCUT2D eigenvalue weighted by atomic mass is 10.2. The fourth-order valence-corrected chi connectivity index (χ4v) is 1.53. The average molecular weight is 234 g/mol. The Labute approximate surface area is 99.7 Å². The second kappa shape index (κ2) is 5.10. The van der Waals surface area contributed by atoms with Crippen LogP contribution >= 0.6 is 0 Å². The molecule has 1 atom stereocenters. The van der Waals surface area contributed by atoms with Crippen LogP contribution in [0.5, 0.6) is 0 Å². The minimum Gasteiger partial charge on any atom is -0.444 e. The number of hydrogen-bond acceptors (Lipinski definition) is 3. The SMILES string of the molecule is Cc1cnc(C(C)NCc2ccc(F)cc2)o1. The van der Waals surface area contributed by atoms with E-state index in [0.29, 0.717) is 12.4 Å². The van der Waals surface area contributed by atoms with Crippen LogP contribution in [0.15, 0.2) is 34.9 Å². The molecule has 0 aliphatic rings. The molecule has 2 aromatic rings. The van der Waals surface area contributed by atoms with Crippen molar-refractivity contribution >= 4 is 0 Å². The van der Waals surface area contributed by atoms with E-state index in [-0.39, 0.29) is 11.9 Å². The summed E-state index contributed by atoms with van der Waals surface area (Å²) in [4.78, 5) is 4.15. The van der Waals surface area contributed by atoms with Crippen molar-refractivity contribution in [3.05, 3.63) is 53.5 Å². The highest BCUT2D eigenvalue weighted by molar-refractivity contribution is 5.16. The minimum absolute atomic E-state index is 0.0359. The van der Waals surface area contributed by atoms with Crippen molar-refractivity contribution in [1.82, 2.24) is 10.3 Å². The van der Waals surface area contributed by atoms with Crippen molar-refractivity contribution in [2.75, 3.05) is 0 Å². The number of rotatable bonds is 4. The van der Waals surface area contributed by atoms with Crippen LogP contribution in [0, 0.1) is 12.7 Å². The monoisotopic (exact) mass is 234 g/mol. The average Bonchev–Trinajstić information content (AvgIpc) is 2.75. The van der Waals surface area contributed by atoms with Gasteiger partial charge in [0, 0.05) is 6.54 Å². The van der Waals surface area contributed by atoms with Crippen LogP contribution in [0.2, 0.25) is 0 Å². The van der Waals surface area contributed by atoms with Gasteiger partial charge in [-0.2, -0.15) is 0 Å². The van der Waals surface area contributed by atoms with E-state index in [9.17, 15) is 4.39 Å². The summed E-state index contributed by atoms with van der Waals surface area (Å²) in [6.45, 7) is 4.50. The third-order valence-electron chi connectivity index (χ3n) is 2.54. The van der Waals surface area contributed by atoms with Gasteiger partial charge < -0.3 is 9.73 Å². The van der Waals surface area contributed by atoms with Gasteiger partial charge in [0.1, 0.15) is 11.6 Å². The molecule has 4 heteroatoms. The molecule has 0 amide bonds. The first kappa shape index (κ1) is 11.8. The second-order valence-electron chi connectivity index (χ2n) is 4.04. The number of benzene rings is 1. The van der Waals surface area contributed by atoms with Crippen molar-refractivity contribution in [3.8, 4) is 0 Å². The summed E-state index contributed by atoms with van der Waals surface area (Å²) in [7, 11) is 0. The maximum atomic E-state index is 12.7. The van der Waals surface area contributed by atoms with E-state index in [2.05, 4.69) is 10.3 Å². The van der Waals surface area contributed by atoms with E-state index in [1.807, 2.05) is 13.8 Å². The Morgan fingerprint density at radius 2 is 2.06 bits per heavy atom. The van der Waals surface area contributed by atoms with Crippen molar-refractivity contribution < 1.29 is 8.81 Å². The first-order valence-electron chi connectivity index (χ1n) is 5.55. The van der Waals surface area contributed by atoms with E-state index < -0.39 is 0 Å². The van der Waals surface area contributed by atoms with Crippen LogP contribution in [-0.4, -0.2) is 4.98 Å². The summed E-state index contributed by atoms with van der Waals surface area (Å²) >= 11 is 0. The Morgan fingerprint density at radius 3 is 2.65 bits per heavy atom. The fourth-order valence-electron chi connectivity index (χ4n) is 1.53. The summed E-state index contributed by atoms with van der Waals surface area (Å²) in [6.07, 6.45) is 1.70. The van der Waals surface area contributed by atoms with Gasteiger partial charge in [0.2, 0.25) is 5.89 Å². The van der Waals surface area contributed by atoms with Gasteiger partial charge in [-0.3, -0.25) is 0 Å². The van der Waals surface area contributed by atoms with Gasteiger partial charge in [-0.15, -0.1) is 0 Å². The summed E-state index contributed by atoms with van der Waals surface area (Å²) < 4.78 is 18.1. The Kier molecular flexibility index (Phi) is 3.54. The molecule has 2 rings (SSSR count). The molecule has 0 saturated heterocycles. The third kappa shape index (κ3) is 3.14. The van der Waals surface area contributed by atoms with Crippen molar-refractivity contribution in [1.29, 1.82) is 0 Å². The smallest absolute Gasteiger partial charge is 0.211 e. The van der Waals surface area contributed by atoms with Crippen molar-refractivity contribution in [2.45, 2.75) is 26.4 Å². The standard InChI is InChI=1S/C13H15FN2O/c1-9-7-16-13(17-9)10(2)15-8-11-3-5-12(14)6-4-11/h3-7,10,15H,8H2,1-2H3. The highest BCUT2D eigenvalue weighted by Gasteiger charge is 2.10. The zero-order chi connectivity index (χ0) is 12.3. The normalized spacial score (nSPS) is 12.6.